The Morgan fingerprint density at radius 2 is 1.95 bits per heavy atom. The van der Waals surface area contributed by atoms with Gasteiger partial charge in [-0.25, -0.2) is 0 Å². The van der Waals surface area contributed by atoms with E-state index in [-0.39, 0.29) is 11.3 Å². The number of benzene rings is 1. The summed E-state index contributed by atoms with van der Waals surface area (Å²) in [5.74, 6) is 0.229. The van der Waals surface area contributed by atoms with Crippen molar-refractivity contribution in [2.75, 3.05) is 11.9 Å². The highest BCUT2D eigenvalue weighted by Gasteiger charge is 2.38. The third-order valence-corrected chi connectivity index (χ3v) is 4.22. The predicted octanol–water partition coefficient (Wildman–Crippen LogP) is 2.83. The van der Waals surface area contributed by atoms with Gasteiger partial charge in [0.15, 0.2) is 0 Å². The van der Waals surface area contributed by atoms with Crippen LogP contribution in [0.4, 0.5) is 6.01 Å². The highest BCUT2D eigenvalue weighted by Crippen LogP contribution is 2.43. The average Bonchev–Trinajstić information content (AvgIpc) is 2.88. The first kappa shape index (κ1) is 14.1. The van der Waals surface area contributed by atoms with E-state index < -0.39 is 5.60 Å². The van der Waals surface area contributed by atoms with Crippen LogP contribution in [0.2, 0.25) is 0 Å². The molecule has 0 atom stereocenters. The summed E-state index contributed by atoms with van der Waals surface area (Å²) in [7, 11) is 0. The second-order valence-electron chi connectivity index (χ2n) is 6.32. The molecule has 0 spiro atoms. The van der Waals surface area contributed by atoms with Gasteiger partial charge in [0.05, 0.1) is 0 Å². The average molecular weight is 287 g/mol. The summed E-state index contributed by atoms with van der Waals surface area (Å²) in [4.78, 5) is 0. The molecule has 0 bridgehead atoms. The van der Waals surface area contributed by atoms with Gasteiger partial charge in [0.2, 0.25) is 5.89 Å². The molecule has 1 saturated carbocycles. The van der Waals surface area contributed by atoms with Crippen LogP contribution < -0.4 is 5.32 Å². The topological polar surface area (TPSA) is 71.2 Å². The van der Waals surface area contributed by atoms with Gasteiger partial charge in [0.25, 0.3) is 0 Å². The normalized spacial score (nSPS) is 17.3. The maximum atomic E-state index is 9.84. The van der Waals surface area contributed by atoms with E-state index in [2.05, 4.69) is 39.8 Å². The van der Waals surface area contributed by atoms with Gasteiger partial charge < -0.3 is 14.8 Å². The zero-order valence-electron chi connectivity index (χ0n) is 12.5. The molecule has 2 N–H and O–H groups in total. The molecule has 0 amide bonds. The summed E-state index contributed by atoms with van der Waals surface area (Å²) in [6.45, 7) is 4.02. The first-order valence-corrected chi connectivity index (χ1v) is 7.35. The lowest BCUT2D eigenvalue weighted by Gasteiger charge is -2.42. The largest absolute Gasteiger partial charge is 0.405 e. The van der Waals surface area contributed by atoms with Crippen molar-refractivity contribution in [3.63, 3.8) is 0 Å². The number of nitrogens with one attached hydrogen (secondary N) is 1. The third kappa shape index (κ3) is 2.78. The van der Waals surface area contributed by atoms with Crippen molar-refractivity contribution in [3.8, 4) is 0 Å². The molecule has 21 heavy (non-hydrogen) atoms. The van der Waals surface area contributed by atoms with Crippen molar-refractivity contribution >= 4 is 6.01 Å². The number of nitrogens with zero attached hydrogens (tertiary/aromatic N) is 2. The van der Waals surface area contributed by atoms with Gasteiger partial charge in [-0.2, -0.15) is 0 Å². The van der Waals surface area contributed by atoms with Crippen LogP contribution in [0.3, 0.4) is 0 Å². The second-order valence-corrected chi connectivity index (χ2v) is 6.32. The summed E-state index contributed by atoms with van der Waals surface area (Å²) in [6, 6.07) is 10.9. The number of aromatic nitrogens is 2. The number of hydrogen-bond donors (Lipinski definition) is 2. The van der Waals surface area contributed by atoms with Gasteiger partial charge in [0.1, 0.15) is 5.60 Å². The van der Waals surface area contributed by atoms with E-state index in [4.69, 9.17) is 4.42 Å². The number of hydrogen-bond acceptors (Lipinski definition) is 5. The Morgan fingerprint density at radius 3 is 2.48 bits per heavy atom. The molecule has 1 aliphatic rings. The molecule has 3 rings (SSSR count). The molecule has 112 valence electrons. The molecule has 1 heterocycles. The number of anilines is 1. The quantitative estimate of drug-likeness (QED) is 0.884. The minimum atomic E-state index is -1.11. The molecule has 0 aliphatic heterocycles. The molecule has 5 heteroatoms. The van der Waals surface area contributed by atoms with Crippen LogP contribution in [-0.4, -0.2) is 21.8 Å². The highest BCUT2D eigenvalue weighted by atomic mass is 16.4. The van der Waals surface area contributed by atoms with Crippen LogP contribution in [0.5, 0.6) is 0 Å². The molecule has 1 aromatic carbocycles. The van der Waals surface area contributed by atoms with E-state index in [0.717, 1.165) is 19.4 Å². The Labute approximate surface area is 124 Å². The summed E-state index contributed by atoms with van der Waals surface area (Å²) >= 11 is 0. The summed E-state index contributed by atoms with van der Waals surface area (Å²) < 4.78 is 5.46. The van der Waals surface area contributed by atoms with Crippen molar-refractivity contribution in [1.29, 1.82) is 0 Å². The van der Waals surface area contributed by atoms with E-state index in [1.807, 2.05) is 6.07 Å². The van der Waals surface area contributed by atoms with Crippen LogP contribution >= 0.6 is 0 Å². The Hall–Kier alpha value is -1.88. The fourth-order valence-electron chi connectivity index (χ4n) is 2.75. The van der Waals surface area contributed by atoms with Crippen LogP contribution in [0.1, 0.15) is 44.6 Å². The van der Waals surface area contributed by atoms with Crippen molar-refractivity contribution < 1.29 is 9.52 Å². The first-order chi connectivity index (χ1) is 10.00. The van der Waals surface area contributed by atoms with Gasteiger partial charge in [0, 0.05) is 12.0 Å². The zero-order valence-corrected chi connectivity index (χ0v) is 12.5. The molecule has 0 saturated heterocycles. The van der Waals surface area contributed by atoms with Crippen molar-refractivity contribution in [2.24, 2.45) is 0 Å². The zero-order chi connectivity index (χ0) is 14.9. The van der Waals surface area contributed by atoms with Gasteiger partial charge in [-0.05, 0) is 32.3 Å². The predicted molar refractivity (Wildman–Crippen MR) is 80.0 cm³/mol. The number of rotatable bonds is 5. The second kappa shape index (κ2) is 5.15. The lowest BCUT2D eigenvalue weighted by molar-refractivity contribution is 0.0488. The lowest BCUT2D eigenvalue weighted by atomic mass is 9.64. The molecule has 1 fully saturated rings. The Morgan fingerprint density at radius 1 is 1.24 bits per heavy atom. The van der Waals surface area contributed by atoms with E-state index >= 15 is 0 Å². The van der Waals surface area contributed by atoms with Gasteiger partial charge >= 0.3 is 6.01 Å². The van der Waals surface area contributed by atoms with Crippen molar-refractivity contribution in [1.82, 2.24) is 10.2 Å². The van der Waals surface area contributed by atoms with Crippen molar-refractivity contribution in [3.05, 3.63) is 41.8 Å². The van der Waals surface area contributed by atoms with E-state index in [9.17, 15) is 5.11 Å². The Kier molecular flexibility index (Phi) is 3.45. The van der Waals surface area contributed by atoms with Gasteiger partial charge in [-0.1, -0.05) is 41.9 Å². The Bertz CT molecular complexity index is 597. The fraction of sp³-hybridized carbons (Fsp3) is 0.500. The minimum Gasteiger partial charge on any atom is -0.405 e. The van der Waals surface area contributed by atoms with Crippen molar-refractivity contribution in [2.45, 2.75) is 44.1 Å². The first-order valence-electron chi connectivity index (χ1n) is 7.35. The number of aliphatic hydroxyl groups is 1. The third-order valence-electron chi connectivity index (χ3n) is 4.22. The summed E-state index contributed by atoms with van der Waals surface area (Å²) in [6.07, 6.45) is 3.57. The summed E-state index contributed by atoms with van der Waals surface area (Å²) in [5, 5.41) is 20.9. The molecular weight excluding hydrogens is 266 g/mol. The highest BCUT2D eigenvalue weighted by molar-refractivity contribution is 5.32. The van der Waals surface area contributed by atoms with E-state index in [0.29, 0.717) is 6.01 Å². The standard InChI is InChI=1S/C16H21N3O2/c1-15(2,20)13-18-19-14(21-13)17-11-16(9-6-10-16)12-7-4-3-5-8-12/h3-5,7-8,20H,6,9-11H2,1-2H3,(H,17,19). The maximum absolute atomic E-state index is 9.84. The molecule has 5 nitrogen and oxygen atoms in total. The smallest absolute Gasteiger partial charge is 0.315 e. The molecule has 1 aliphatic carbocycles. The maximum Gasteiger partial charge on any atom is 0.315 e. The minimum absolute atomic E-state index is 0.157. The van der Waals surface area contributed by atoms with Crippen LogP contribution in [0.15, 0.2) is 34.7 Å². The van der Waals surface area contributed by atoms with E-state index in [1.165, 1.54) is 12.0 Å². The SMILES string of the molecule is CC(C)(O)c1nnc(NCC2(c3ccccc3)CCC2)o1. The van der Waals surface area contributed by atoms with Crippen LogP contribution in [-0.2, 0) is 11.0 Å². The molecule has 0 unspecified atom stereocenters. The van der Waals surface area contributed by atoms with E-state index in [1.54, 1.807) is 13.8 Å². The molecule has 2 aromatic rings. The molecular formula is C16H21N3O2. The molecule has 0 radical (unpaired) electrons. The Balaban J connectivity index is 1.70. The van der Waals surface area contributed by atoms with Gasteiger partial charge in [-0.15, -0.1) is 5.10 Å². The van der Waals surface area contributed by atoms with Crippen LogP contribution in [0.25, 0.3) is 0 Å². The van der Waals surface area contributed by atoms with Crippen LogP contribution in [0, 0.1) is 0 Å². The molecule has 1 aromatic heterocycles. The van der Waals surface area contributed by atoms with Gasteiger partial charge in [-0.3, -0.25) is 0 Å². The summed E-state index contributed by atoms with van der Waals surface area (Å²) in [5.41, 5.74) is 0.400. The monoisotopic (exact) mass is 287 g/mol. The fourth-order valence-corrected chi connectivity index (χ4v) is 2.75. The lowest BCUT2D eigenvalue weighted by Crippen LogP contribution is -2.40.